The summed E-state index contributed by atoms with van der Waals surface area (Å²) in [5.74, 6) is 0.124. The van der Waals surface area contributed by atoms with Crippen molar-refractivity contribution in [2.45, 2.75) is 39.0 Å². The molecule has 0 saturated heterocycles. The SMILES string of the molecule is CCCCCCCOc1ccc(NC(=S)NC(=O)C=Cc2ccc(F)cc2)cc1. The minimum atomic E-state index is -0.366. The van der Waals surface area contributed by atoms with Gasteiger partial charge in [-0.1, -0.05) is 44.7 Å². The average Bonchev–Trinajstić information content (AvgIpc) is 2.71. The number of carbonyl (C=O) groups excluding carboxylic acids is 1. The van der Waals surface area contributed by atoms with Gasteiger partial charge in [0.1, 0.15) is 11.6 Å². The predicted molar refractivity (Wildman–Crippen MR) is 120 cm³/mol. The Morgan fingerprint density at radius 1 is 1.03 bits per heavy atom. The van der Waals surface area contributed by atoms with Crippen LogP contribution in [-0.2, 0) is 4.79 Å². The van der Waals surface area contributed by atoms with Crippen LogP contribution in [0.4, 0.5) is 10.1 Å². The van der Waals surface area contributed by atoms with Crippen molar-refractivity contribution in [3.63, 3.8) is 0 Å². The van der Waals surface area contributed by atoms with Gasteiger partial charge >= 0.3 is 0 Å². The van der Waals surface area contributed by atoms with Gasteiger partial charge < -0.3 is 10.1 Å². The standard InChI is InChI=1S/C23H27FN2O2S/c1-2-3-4-5-6-17-28-21-14-12-20(13-15-21)25-23(29)26-22(27)16-9-18-7-10-19(24)11-8-18/h7-16H,2-6,17H2,1H3,(H2,25,26,27,29). The van der Waals surface area contributed by atoms with Gasteiger partial charge in [-0.15, -0.1) is 0 Å². The van der Waals surface area contributed by atoms with Gasteiger partial charge in [-0.2, -0.15) is 0 Å². The number of thiocarbonyl (C=S) groups is 1. The van der Waals surface area contributed by atoms with E-state index in [-0.39, 0.29) is 16.8 Å². The van der Waals surface area contributed by atoms with E-state index in [0.29, 0.717) is 6.61 Å². The van der Waals surface area contributed by atoms with E-state index in [4.69, 9.17) is 17.0 Å². The molecule has 2 aromatic carbocycles. The Bertz CT molecular complexity index is 805. The molecule has 0 spiro atoms. The summed E-state index contributed by atoms with van der Waals surface area (Å²) in [5.41, 5.74) is 1.48. The maximum Gasteiger partial charge on any atom is 0.250 e. The van der Waals surface area contributed by atoms with Crippen molar-refractivity contribution in [1.29, 1.82) is 0 Å². The number of amides is 1. The number of anilines is 1. The Labute approximate surface area is 177 Å². The molecule has 2 N–H and O–H groups in total. The number of unbranched alkanes of at least 4 members (excludes halogenated alkanes) is 4. The zero-order chi connectivity index (χ0) is 20.9. The molecule has 0 atom stereocenters. The van der Waals surface area contributed by atoms with Crippen LogP contribution in [0.15, 0.2) is 54.6 Å². The molecule has 0 aliphatic rings. The summed E-state index contributed by atoms with van der Waals surface area (Å²) in [5, 5.41) is 5.73. The Balaban J connectivity index is 1.71. The highest BCUT2D eigenvalue weighted by Gasteiger charge is 2.02. The molecule has 29 heavy (non-hydrogen) atoms. The van der Waals surface area contributed by atoms with E-state index in [1.165, 1.54) is 43.9 Å². The quantitative estimate of drug-likeness (QED) is 0.297. The number of halogens is 1. The summed E-state index contributed by atoms with van der Waals surface area (Å²) >= 11 is 5.16. The topological polar surface area (TPSA) is 50.4 Å². The molecular formula is C23H27FN2O2S. The van der Waals surface area contributed by atoms with Crippen LogP contribution < -0.4 is 15.4 Å². The Morgan fingerprint density at radius 3 is 2.41 bits per heavy atom. The summed E-state index contributed by atoms with van der Waals surface area (Å²) in [7, 11) is 0. The predicted octanol–water partition coefficient (Wildman–Crippen LogP) is 5.70. The van der Waals surface area contributed by atoms with Crippen LogP contribution in [0.2, 0.25) is 0 Å². The molecule has 2 rings (SSSR count). The zero-order valence-corrected chi connectivity index (χ0v) is 17.4. The minimum absolute atomic E-state index is 0.198. The molecule has 0 aliphatic heterocycles. The van der Waals surface area contributed by atoms with Crippen LogP contribution in [-0.4, -0.2) is 17.6 Å². The van der Waals surface area contributed by atoms with Gasteiger partial charge in [0.05, 0.1) is 6.61 Å². The van der Waals surface area contributed by atoms with Crippen molar-refractivity contribution >= 4 is 35.0 Å². The zero-order valence-electron chi connectivity index (χ0n) is 16.6. The lowest BCUT2D eigenvalue weighted by molar-refractivity contribution is -0.115. The molecule has 0 heterocycles. The van der Waals surface area contributed by atoms with Crippen molar-refractivity contribution in [3.05, 3.63) is 66.0 Å². The number of carbonyl (C=O) groups is 1. The summed E-state index contributed by atoms with van der Waals surface area (Å²) in [6.07, 6.45) is 8.95. The molecule has 0 unspecified atom stereocenters. The molecule has 0 saturated carbocycles. The average molecular weight is 415 g/mol. The third-order valence-corrected chi connectivity index (χ3v) is 4.37. The van der Waals surface area contributed by atoms with E-state index in [0.717, 1.165) is 23.4 Å². The fraction of sp³-hybridized carbons (Fsp3) is 0.304. The molecule has 154 valence electrons. The number of benzene rings is 2. The van der Waals surface area contributed by atoms with E-state index in [2.05, 4.69) is 17.6 Å². The van der Waals surface area contributed by atoms with Gasteiger partial charge in [-0.25, -0.2) is 4.39 Å². The third kappa shape index (κ3) is 9.34. The second-order valence-corrected chi connectivity index (χ2v) is 7.02. The molecule has 0 radical (unpaired) electrons. The first-order valence-corrected chi connectivity index (χ1v) is 10.3. The van der Waals surface area contributed by atoms with Gasteiger partial charge in [-0.3, -0.25) is 10.1 Å². The highest BCUT2D eigenvalue weighted by molar-refractivity contribution is 7.80. The van der Waals surface area contributed by atoms with Gasteiger partial charge in [0, 0.05) is 11.8 Å². The fourth-order valence-electron chi connectivity index (χ4n) is 2.59. The molecule has 0 aliphatic carbocycles. The van der Waals surface area contributed by atoms with Crippen LogP contribution in [0.5, 0.6) is 5.75 Å². The fourth-order valence-corrected chi connectivity index (χ4v) is 2.81. The smallest absolute Gasteiger partial charge is 0.250 e. The van der Waals surface area contributed by atoms with Crippen molar-refractivity contribution < 1.29 is 13.9 Å². The maximum atomic E-state index is 12.9. The highest BCUT2D eigenvalue weighted by atomic mass is 32.1. The molecule has 0 aromatic heterocycles. The molecule has 6 heteroatoms. The minimum Gasteiger partial charge on any atom is -0.494 e. The lowest BCUT2D eigenvalue weighted by atomic mass is 10.2. The largest absolute Gasteiger partial charge is 0.494 e. The molecular weight excluding hydrogens is 387 g/mol. The third-order valence-electron chi connectivity index (χ3n) is 4.16. The van der Waals surface area contributed by atoms with Crippen LogP contribution in [0.3, 0.4) is 0 Å². The summed E-state index contributed by atoms with van der Waals surface area (Å²) in [6.45, 7) is 2.92. The number of ether oxygens (including phenoxy) is 1. The maximum absolute atomic E-state index is 12.9. The Morgan fingerprint density at radius 2 is 1.72 bits per heavy atom. The van der Waals surface area contributed by atoms with Gasteiger partial charge in [0.2, 0.25) is 5.91 Å². The molecule has 2 aromatic rings. The van der Waals surface area contributed by atoms with E-state index in [1.54, 1.807) is 18.2 Å². The number of rotatable bonds is 10. The second kappa shape index (κ2) is 12.7. The Hall–Kier alpha value is -2.73. The van der Waals surface area contributed by atoms with Crippen molar-refractivity contribution in [3.8, 4) is 5.75 Å². The van der Waals surface area contributed by atoms with E-state index in [1.807, 2.05) is 24.3 Å². The van der Waals surface area contributed by atoms with Gasteiger partial charge in [0.15, 0.2) is 5.11 Å². The van der Waals surface area contributed by atoms with Crippen molar-refractivity contribution in [1.82, 2.24) is 5.32 Å². The molecule has 0 bridgehead atoms. The number of nitrogens with one attached hydrogen (secondary N) is 2. The van der Waals surface area contributed by atoms with Crippen molar-refractivity contribution in [2.75, 3.05) is 11.9 Å². The second-order valence-electron chi connectivity index (χ2n) is 6.62. The van der Waals surface area contributed by atoms with Crippen molar-refractivity contribution in [2.24, 2.45) is 0 Å². The lowest BCUT2D eigenvalue weighted by Gasteiger charge is -2.10. The summed E-state index contributed by atoms with van der Waals surface area (Å²) < 4.78 is 18.6. The number of hydrogen-bond donors (Lipinski definition) is 2. The lowest BCUT2D eigenvalue weighted by Crippen LogP contribution is -2.32. The van der Waals surface area contributed by atoms with Crippen LogP contribution in [0.1, 0.15) is 44.6 Å². The van der Waals surface area contributed by atoms with E-state index in [9.17, 15) is 9.18 Å². The van der Waals surface area contributed by atoms with Gasteiger partial charge in [0.25, 0.3) is 0 Å². The highest BCUT2D eigenvalue weighted by Crippen LogP contribution is 2.16. The monoisotopic (exact) mass is 414 g/mol. The molecule has 1 amide bonds. The number of hydrogen-bond acceptors (Lipinski definition) is 3. The summed E-state index contributed by atoms with van der Waals surface area (Å²) in [6, 6.07) is 13.3. The molecule has 4 nitrogen and oxygen atoms in total. The molecule has 0 fully saturated rings. The normalized spacial score (nSPS) is 10.7. The summed E-state index contributed by atoms with van der Waals surface area (Å²) in [4.78, 5) is 11.9. The first kappa shape index (κ1) is 22.6. The Kier molecular flexibility index (Phi) is 9.86. The van der Waals surface area contributed by atoms with E-state index < -0.39 is 0 Å². The van der Waals surface area contributed by atoms with Crippen LogP contribution in [0.25, 0.3) is 6.08 Å². The van der Waals surface area contributed by atoms with Crippen LogP contribution >= 0.6 is 12.2 Å². The first-order chi connectivity index (χ1) is 14.1. The van der Waals surface area contributed by atoms with Gasteiger partial charge in [-0.05, 0) is 66.7 Å². The van der Waals surface area contributed by atoms with E-state index >= 15 is 0 Å². The van der Waals surface area contributed by atoms with Crippen LogP contribution in [0, 0.1) is 5.82 Å². The first-order valence-electron chi connectivity index (χ1n) is 9.85.